The molecule has 90 valence electrons. The molecule has 1 unspecified atom stereocenters. The van der Waals surface area contributed by atoms with Crippen LogP contribution < -0.4 is 5.73 Å². The third-order valence-corrected chi connectivity index (χ3v) is 3.48. The smallest absolute Gasteiger partial charge is 0.123 e. The van der Waals surface area contributed by atoms with E-state index in [2.05, 4.69) is 0 Å². The molecule has 0 fully saturated rings. The van der Waals surface area contributed by atoms with Gasteiger partial charge in [-0.15, -0.1) is 0 Å². The van der Waals surface area contributed by atoms with Crippen LogP contribution in [0.2, 0.25) is 0 Å². The summed E-state index contributed by atoms with van der Waals surface area (Å²) in [5.41, 5.74) is 6.82. The number of nitrogens with two attached hydrogens (primary N) is 1. The molecule has 2 nitrogen and oxygen atoms in total. The van der Waals surface area contributed by atoms with Gasteiger partial charge in [-0.1, -0.05) is 12.1 Å². The molecular weight excluding hydrogens is 237 g/mol. The van der Waals surface area contributed by atoms with Crippen molar-refractivity contribution < 1.29 is 8.81 Å². The Morgan fingerprint density at radius 2 is 2.18 bits per heavy atom. The number of hydrogen-bond donors (Lipinski definition) is 1. The highest BCUT2D eigenvalue weighted by molar-refractivity contribution is 7.98. The van der Waals surface area contributed by atoms with Gasteiger partial charge in [0.15, 0.2) is 0 Å². The number of halogens is 1. The normalized spacial score (nSPS) is 12.6. The summed E-state index contributed by atoms with van der Waals surface area (Å²) < 4.78 is 18.2. The quantitative estimate of drug-likeness (QED) is 0.885. The van der Waals surface area contributed by atoms with E-state index in [9.17, 15) is 4.39 Å². The highest BCUT2D eigenvalue weighted by Crippen LogP contribution is 2.20. The molecule has 0 aliphatic heterocycles. The van der Waals surface area contributed by atoms with Crippen LogP contribution in [-0.4, -0.2) is 5.75 Å². The lowest BCUT2D eigenvalue weighted by molar-refractivity contribution is 0.530. The first-order chi connectivity index (χ1) is 8.25. The minimum atomic E-state index is -0.242. The lowest BCUT2D eigenvalue weighted by Crippen LogP contribution is -2.13. The molecule has 0 aliphatic carbocycles. The largest absolute Gasteiger partial charge is 0.468 e. The molecule has 2 rings (SSSR count). The molecular formula is C13H14FNOS. The molecule has 0 radical (unpaired) electrons. The van der Waals surface area contributed by atoms with Gasteiger partial charge in [0.2, 0.25) is 0 Å². The maximum atomic E-state index is 13.0. The summed E-state index contributed by atoms with van der Waals surface area (Å²) in [6, 6.07) is 10.1. The number of thioether (sulfide) groups is 1. The summed E-state index contributed by atoms with van der Waals surface area (Å²) in [6.07, 6.45) is 1.66. The SMILES string of the molecule is NC(CSCc1ccco1)c1cccc(F)c1. The van der Waals surface area contributed by atoms with E-state index in [4.69, 9.17) is 10.2 Å². The fraction of sp³-hybridized carbons (Fsp3) is 0.231. The molecule has 0 aliphatic rings. The Morgan fingerprint density at radius 3 is 2.88 bits per heavy atom. The Labute approximate surface area is 104 Å². The summed E-state index contributed by atoms with van der Waals surface area (Å²) in [5, 5.41) is 0. The Morgan fingerprint density at radius 1 is 1.29 bits per heavy atom. The van der Waals surface area contributed by atoms with Crippen LogP contribution in [0, 0.1) is 5.82 Å². The zero-order valence-electron chi connectivity index (χ0n) is 9.30. The summed E-state index contributed by atoms with van der Waals surface area (Å²) >= 11 is 1.68. The molecule has 0 saturated heterocycles. The van der Waals surface area contributed by atoms with E-state index in [1.165, 1.54) is 12.1 Å². The Bertz CT molecular complexity index is 458. The Balaban J connectivity index is 1.83. The number of benzene rings is 1. The fourth-order valence-corrected chi connectivity index (χ4v) is 2.44. The highest BCUT2D eigenvalue weighted by atomic mass is 32.2. The van der Waals surface area contributed by atoms with Crippen molar-refractivity contribution in [1.29, 1.82) is 0 Å². The zero-order valence-corrected chi connectivity index (χ0v) is 10.1. The molecule has 17 heavy (non-hydrogen) atoms. The topological polar surface area (TPSA) is 39.2 Å². The second kappa shape index (κ2) is 5.89. The molecule has 0 bridgehead atoms. The molecule has 1 aromatic heterocycles. The van der Waals surface area contributed by atoms with Gasteiger partial charge in [-0.3, -0.25) is 0 Å². The van der Waals surface area contributed by atoms with Crippen molar-refractivity contribution >= 4 is 11.8 Å². The molecule has 0 spiro atoms. The number of furan rings is 1. The van der Waals surface area contributed by atoms with Gasteiger partial charge in [-0.25, -0.2) is 4.39 Å². The first-order valence-electron chi connectivity index (χ1n) is 5.37. The third kappa shape index (κ3) is 3.61. The average Bonchev–Trinajstić information content (AvgIpc) is 2.82. The van der Waals surface area contributed by atoms with Crippen molar-refractivity contribution in [1.82, 2.24) is 0 Å². The van der Waals surface area contributed by atoms with Crippen LogP contribution in [0.15, 0.2) is 47.1 Å². The lowest BCUT2D eigenvalue weighted by atomic mass is 10.1. The van der Waals surface area contributed by atoms with E-state index < -0.39 is 0 Å². The van der Waals surface area contributed by atoms with Gasteiger partial charge in [0, 0.05) is 11.8 Å². The van der Waals surface area contributed by atoms with Crippen molar-refractivity contribution in [3.63, 3.8) is 0 Å². The summed E-state index contributed by atoms with van der Waals surface area (Å²) in [7, 11) is 0. The molecule has 4 heteroatoms. The molecule has 1 atom stereocenters. The average molecular weight is 251 g/mol. The van der Waals surface area contributed by atoms with Gasteiger partial charge >= 0.3 is 0 Å². The van der Waals surface area contributed by atoms with Crippen LogP contribution in [0.5, 0.6) is 0 Å². The van der Waals surface area contributed by atoms with Crippen LogP contribution in [0.4, 0.5) is 4.39 Å². The van der Waals surface area contributed by atoms with E-state index in [1.807, 2.05) is 18.2 Å². The maximum absolute atomic E-state index is 13.0. The number of rotatable bonds is 5. The van der Waals surface area contributed by atoms with E-state index in [-0.39, 0.29) is 11.9 Å². The minimum Gasteiger partial charge on any atom is -0.468 e. The Kier molecular flexibility index (Phi) is 4.23. The second-order valence-corrected chi connectivity index (χ2v) is 4.79. The highest BCUT2D eigenvalue weighted by Gasteiger charge is 2.07. The molecule has 1 aromatic carbocycles. The Hall–Kier alpha value is -1.26. The van der Waals surface area contributed by atoms with Gasteiger partial charge in [-0.2, -0.15) is 11.8 Å². The van der Waals surface area contributed by atoms with Crippen molar-refractivity contribution in [3.8, 4) is 0 Å². The van der Waals surface area contributed by atoms with Gasteiger partial charge in [0.1, 0.15) is 11.6 Å². The maximum Gasteiger partial charge on any atom is 0.123 e. The summed E-state index contributed by atoms with van der Waals surface area (Å²) in [4.78, 5) is 0. The van der Waals surface area contributed by atoms with Crippen LogP contribution >= 0.6 is 11.8 Å². The van der Waals surface area contributed by atoms with E-state index in [1.54, 1.807) is 24.1 Å². The first-order valence-corrected chi connectivity index (χ1v) is 6.52. The molecule has 2 N–H and O–H groups in total. The van der Waals surface area contributed by atoms with Gasteiger partial charge in [0.25, 0.3) is 0 Å². The van der Waals surface area contributed by atoms with Crippen molar-refractivity contribution in [2.75, 3.05) is 5.75 Å². The predicted molar refractivity (Wildman–Crippen MR) is 68.2 cm³/mol. The predicted octanol–water partition coefficient (Wildman–Crippen LogP) is 3.35. The number of hydrogen-bond acceptors (Lipinski definition) is 3. The summed E-state index contributed by atoms with van der Waals surface area (Å²) in [5.74, 6) is 2.22. The third-order valence-electron chi connectivity index (χ3n) is 2.40. The lowest BCUT2D eigenvalue weighted by Gasteiger charge is -2.11. The monoisotopic (exact) mass is 251 g/mol. The van der Waals surface area contributed by atoms with E-state index >= 15 is 0 Å². The van der Waals surface area contributed by atoms with E-state index in [0.29, 0.717) is 0 Å². The van der Waals surface area contributed by atoms with Crippen LogP contribution in [0.25, 0.3) is 0 Å². The van der Waals surface area contributed by atoms with Gasteiger partial charge in [-0.05, 0) is 29.8 Å². The first kappa shape index (κ1) is 12.2. The van der Waals surface area contributed by atoms with Crippen LogP contribution in [-0.2, 0) is 5.75 Å². The van der Waals surface area contributed by atoms with Crippen LogP contribution in [0.1, 0.15) is 17.4 Å². The standard InChI is InChI=1S/C13H14FNOS/c14-11-4-1-3-10(7-11)13(15)9-17-8-12-5-2-6-16-12/h1-7,13H,8-9,15H2. The minimum absolute atomic E-state index is 0.148. The van der Waals surface area contributed by atoms with Crippen molar-refractivity contribution in [2.24, 2.45) is 5.73 Å². The molecule has 2 aromatic rings. The zero-order chi connectivity index (χ0) is 12.1. The van der Waals surface area contributed by atoms with Crippen LogP contribution in [0.3, 0.4) is 0 Å². The van der Waals surface area contributed by atoms with Gasteiger partial charge in [0.05, 0.1) is 12.0 Å². The van der Waals surface area contributed by atoms with Crippen molar-refractivity contribution in [3.05, 3.63) is 59.8 Å². The summed E-state index contributed by atoms with van der Waals surface area (Å²) in [6.45, 7) is 0. The molecule has 0 saturated carbocycles. The van der Waals surface area contributed by atoms with Gasteiger partial charge < -0.3 is 10.2 Å². The van der Waals surface area contributed by atoms with E-state index in [0.717, 1.165) is 22.8 Å². The fourth-order valence-electron chi connectivity index (χ4n) is 1.51. The molecule has 1 heterocycles. The molecule has 0 amide bonds. The second-order valence-electron chi connectivity index (χ2n) is 3.76. The van der Waals surface area contributed by atoms with Crippen molar-refractivity contribution in [2.45, 2.75) is 11.8 Å².